The third-order valence-electron chi connectivity index (χ3n) is 2.35. The van der Waals surface area contributed by atoms with Gasteiger partial charge >= 0.3 is 27.6 Å². The van der Waals surface area contributed by atoms with E-state index in [1.165, 1.54) is 24.4 Å². The molecule has 0 saturated carbocycles. The van der Waals surface area contributed by atoms with Crippen molar-refractivity contribution < 1.29 is 35.3 Å². The maximum Gasteiger partial charge on any atom is 0.534 e. The second-order valence-electron chi connectivity index (χ2n) is 3.70. The Balaban J connectivity index is 2.58. The lowest BCUT2D eigenvalue weighted by atomic mass is 10.3. The molecule has 11 heteroatoms. The van der Waals surface area contributed by atoms with Crippen LogP contribution in [0.3, 0.4) is 0 Å². The number of hydrogen-bond acceptors (Lipinski definition) is 6. The van der Waals surface area contributed by atoms with Crippen LogP contribution in [0, 0.1) is 0 Å². The summed E-state index contributed by atoms with van der Waals surface area (Å²) < 4.78 is 68.3. The molecule has 0 amide bonds. The Morgan fingerprint density at radius 1 is 1.38 bits per heavy atom. The van der Waals surface area contributed by atoms with Gasteiger partial charge in [-0.15, -0.1) is 0 Å². The Hall–Kier alpha value is -2.30. The zero-order chi connectivity index (χ0) is 15.8. The van der Waals surface area contributed by atoms with Crippen molar-refractivity contribution in [2.24, 2.45) is 0 Å². The highest BCUT2D eigenvalue weighted by atomic mass is 32.2. The van der Waals surface area contributed by atoms with Crippen molar-refractivity contribution in [1.29, 1.82) is 0 Å². The smallest absolute Gasteiger partial charge is 0.464 e. The van der Waals surface area contributed by atoms with E-state index < -0.39 is 33.3 Å². The minimum atomic E-state index is -5.90. The van der Waals surface area contributed by atoms with Gasteiger partial charge in [-0.3, -0.25) is 4.40 Å². The molecule has 0 aliphatic carbocycles. The summed E-state index contributed by atoms with van der Waals surface area (Å²) in [5, 5.41) is 0. The number of esters is 1. The Bertz CT molecular complexity index is 797. The van der Waals surface area contributed by atoms with E-state index in [-0.39, 0.29) is 5.52 Å². The predicted molar refractivity (Wildman–Crippen MR) is 62.1 cm³/mol. The molecule has 0 radical (unpaired) electrons. The molecule has 0 spiro atoms. The molecule has 0 aliphatic rings. The van der Waals surface area contributed by atoms with Gasteiger partial charge in [-0.2, -0.15) is 26.6 Å². The van der Waals surface area contributed by atoms with Crippen LogP contribution >= 0.6 is 0 Å². The lowest BCUT2D eigenvalue weighted by Crippen LogP contribution is -2.29. The lowest BCUT2D eigenvalue weighted by molar-refractivity contribution is -0.0503. The first-order valence-electron chi connectivity index (χ1n) is 5.23. The van der Waals surface area contributed by atoms with Crippen LogP contribution in [0.25, 0.3) is 5.52 Å². The van der Waals surface area contributed by atoms with E-state index >= 15 is 0 Å². The molecular formula is C10H7F3N2O5S. The SMILES string of the molecule is COC(=O)c1cc2cccn2c(OS(=O)(=O)C(F)(F)F)n1. The van der Waals surface area contributed by atoms with Crippen molar-refractivity contribution in [3.05, 3.63) is 30.1 Å². The van der Waals surface area contributed by atoms with E-state index in [9.17, 15) is 26.4 Å². The summed E-state index contributed by atoms with van der Waals surface area (Å²) in [6.45, 7) is 0. The van der Waals surface area contributed by atoms with E-state index in [1.807, 2.05) is 0 Å². The average Bonchev–Trinajstić information content (AvgIpc) is 2.84. The minimum absolute atomic E-state index is 0.206. The number of aromatic nitrogens is 2. The standard InChI is InChI=1S/C10H7F3N2O5S/c1-19-8(16)7-5-6-3-2-4-15(6)9(14-7)20-21(17,18)10(11,12)13/h2-5H,1H3. The molecule has 0 saturated heterocycles. The predicted octanol–water partition coefficient (Wildman–Crippen LogP) is 1.35. The molecule has 0 N–H and O–H groups in total. The van der Waals surface area contributed by atoms with Crippen LogP contribution in [-0.4, -0.2) is 36.4 Å². The third kappa shape index (κ3) is 2.77. The summed E-state index contributed by atoms with van der Waals surface area (Å²) in [4.78, 5) is 14.8. The maximum absolute atomic E-state index is 12.3. The second kappa shape index (κ2) is 4.91. The number of hydrogen-bond donors (Lipinski definition) is 0. The maximum atomic E-state index is 12.3. The molecule has 114 valence electrons. The molecule has 0 aliphatic heterocycles. The number of halogens is 3. The molecule has 21 heavy (non-hydrogen) atoms. The van der Waals surface area contributed by atoms with Gasteiger partial charge < -0.3 is 8.92 Å². The van der Waals surface area contributed by atoms with E-state index in [0.717, 1.165) is 11.5 Å². The molecule has 0 aromatic carbocycles. The van der Waals surface area contributed by atoms with Crippen LogP contribution in [-0.2, 0) is 14.9 Å². The highest BCUT2D eigenvalue weighted by Gasteiger charge is 2.49. The number of rotatable bonds is 3. The van der Waals surface area contributed by atoms with E-state index in [2.05, 4.69) is 13.9 Å². The lowest BCUT2D eigenvalue weighted by Gasteiger charge is -2.11. The highest BCUT2D eigenvalue weighted by molar-refractivity contribution is 7.87. The number of nitrogens with zero attached hydrogens (tertiary/aromatic N) is 2. The van der Waals surface area contributed by atoms with Gasteiger partial charge in [-0.25, -0.2) is 4.79 Å². The van der Waals surface area contributed by atoms with Gasteiger partial charge in [0.2, 0.25) is 0 Å². The number of alkyl halides is 3. The summed E-state index contributed by atoms with van der Waals surface area (Å²) in [5.41, 5.74) is -5.80. The monoisotopic (exact) mass is 324 g/mol. The Kier molecular flexibility index (Phi) is 3.53. The average molecular weight is 324 g/mol. The van der Waals surface area contributed by atoms with Crippen LogP contribution < -0.4 is 4.18 Å². The highest BCUT2D eigenvalue weighted by Crippen LogP contribution is 2.27. The molecule has 0 unspecified atom stereocenters. The molecule has 7 nitrogen and oxygen atoms in total. The summed E-state index contributed by atoms with van der Waals surface area (Å²) in [5.74, 6) is -0.951. The topological polar surface area (TPSA) is 87.0 Å². The number of carbonyl (C=O) groups excluding carboxylic acids is 1. The van der Waals surface area contributed by atoms with Crippen LogP contribution in [0.1, 0.15) is 10.5 Å². The van der Waals surface area contributed by atoms with E-state index in [1.54, 1.807) is 0 Å². The van der Waals surface area contributed by atoms with Gasteiger partial charge in [-0.05, 0) is 18.2 Å². The molecule has 0 atom stereocenters. The first-order valence-corrected chi connectivity index (χ1v) is 6.64. The van der Waals surface area contributed by atoms with Gasteiger partial charge in [0.05, 0.1) is 12.6 Å². The van der Waals surface area contributed by atoms with Crippen molar-refractivity contribution in [1.82, 2.24) is 9.38 Å². The van der Waals surface area contributed by atoms with Gasteiger partial charge in [-0.1, -0.05) is 0 Å². The van der Waals surface area contributed by atoms with Gasteiger partial charge in [0, 0.05) is 6.20 Å². The summed E-state index contributed by atoms with van der Waals surface area (Å²) in [6, 6.07) is 3.11. The number of carbonyl (C=O) groups is 1. The molecule has 0 bridgehead atoms. The zero-order valence-electron chi connectivity index (χ0n) is 10.3. The summed E-state index contributed by atoms with van der Waals surface area (Å²) in [6.07, 6.45) is 1.23. The molecule has 2 heterocycles. The summed E-state index contributed by atoms with van der Waals surface area (Å²) in [7, 11) is -4.86. The van der Waals surface area contributed by atoms with Crippen LogP contribution in [0.5, 0.6) is 6.01 Å². The van der Waals surface area contributed by atoms with Crippen molar-refractivity contribution in [2.45, 2.75) is 5.51 Å². The fraction of sp³-hybridized carbons (Fsp3) is 0.200. The largest absolute Gasteiger partial charge is 0.534 e. The third-order valence-corrected chi connectivity index (χ3v) is 3.28. The van der Waals surface area contributed by atoms with Crippen LogP contribution in [0.2, 0.25) is 0 Å². The van der Waals surface area contributed by atoms with Crippen molar-refractivity contribution in [2.75, 3.05) is 7.11 Å². The van der Waals surface area contributed by atoms with Gasteiger partial charge in [0.25, 0.3) is 0 Å². The fourth-order valence-corrected chi connectivity index (χ4v) is 1.84. The minimum Gasteiger partial charge on any atom is -0.464 e. The first kappa shape index (κ1) is 15.1. The van der Waals surface area contributed by atoms with Crippen molar-refractivity contribution in [3.63, 3.8) is 0 Å². The molecule has 2 aromatic rings. The van der Waals surface area contributed by atoms with Crippen LogP contribution in [0.15, 0.2) is 24.4 Å². The normalized spacial score (nSPS) is 12.4. The quantitative estimate of drug-likeness (QED) is 0.481. The van der Waals surface area contributed by atoms with Crippen LogP contribution in [0.4, 0.5) is 13.2 Å². The number of fused-ring (bicyclic) bond motifs is 1. The molecule has 0 fully saturated rings. The van der Waals surface area contributed by atoms with Crippen molar-refractivity contribution in [3.8, 4) is 6.01 Å². The fourth-order valence-electron chi connectivity index (χ4n) is 1.43. The first-order chi connectivity index (χ1) is 9.65. The Labute approximate surface area is 116 Å². The summed E-state index contributed by atoms with van der Waals surface area (Å²) >= 11 is 0. The zero-order valence-corrected chi connectivity index (χ0v) is 11.1. The van der Waals surface area contributed by atoms with Crippen molar-refractivity contribution >= 4 is 21.6 Å². The van der Waals surface area contributed by atoms with Gasteiger partial charge in [0.15, 0.2) is 5.69 Å². The molecule has 2 rings (SSSR count). The second-order valence-corrected chi connectivity index (χ2v) is 5.24. The molecular weight excluding hydrogens is 317 g/mol. The molecule has 2 aromatic heterocycles. The number of ether oxygens (including phenoxy) is 1. The Morgan fingerprint density at radius 2 is 2.05 bits per heavy atom. The van der Waals surface area contributed by atoms with Gasteiger partial charge in [0.1, 0.15) is 0 Å². The van der Waals surface area contributed by atoms with E-state index in [4.69, 9.17) is 0 Å². The number of methoxy groups -OCH3 is 1. The van der Waals surface area contributed by atoms with E-state index in [0.29, 0.717) is 0 Å². The Morgan fingerprint density at radius 3 is 2.62 bits per heavy atom.